The first kappa shape index (κ1) is 17.2. The lowest BCUT2D eigenvalue weighted by molar-refractivity contribution is 0.0609. The maximum atomic E-state index is 13.4. The van der Waals surface area contributed by atoms with Crippen LogP contribution in [0.3, 0.4) is 0 Å². The van der Waals surface area contributed by atoms with Crippen LogP contribution in [0.1, 0.15) is 48.2 Å². The first-order valence-electron chi connectivity index (χ1n) is 9.18. The van der Waals surface area contributed by atoms with Crippen LogP contribution in [0.5, 0.6) is 0 Å². The van der Waals surface area contributed by atoms with Gasteiger partial charge in [0.25, 0.3) is 5.91 Å². The Kier molecular flexibility index (Phi) is 4.72. The normalized spacial score (nSPS) is 15.5. The van der Waals surface area contributed by atoms with Gasteiger partial charge in [0.15, 0.2) is 0 Å². The Labute approximate surface area is 158 Å². The number of hydrogen-bond acceptors (Lipinski definition) is 2. The number of aromatic nitrogens is 3. The summed E-state index contributed by atoms with van der Waals surface area (Å²) in [6.45, 7) is 0.634. The van der Waals surface area contributed by atoms with Crippen LogP contribution >= 0.6 is 11.6 Å². The maximum absolute atomic E-state index is 13.4. The molecule has 0 spiro atoms. The Hall–Kier alpha value is -2.27. The molecule has 6 heteroatoms. The van der Waals surface area contributed by atoms with Crippen LogP contribution < -0.4 is 0 Å². The molecule has 1 fully saturated rings. The number of nitrogens with one attached hydrogen (secondary N) is 1. The minimum Gasteiger partial charge on any atom is -0.353 e. The number of benzene rings is 1. The molecular formula is C20H23ClN4O. The van der Waals surface area contributed by atoms with Crippen LogP contribution in [0, 0.1) is 0 Å². The molecule has 0 bridgehead atoms. The molecule has 1 amide bonds. The molecule has 2 aromatic heterocycles. The number of rotatable bonds is 4. The van der Waals surface area contributed by atoms with Gasteiger partial charge in [-0.1, -0.05) is 19.3 Å². The minimum absolute atomic E-state index is 0.0747. The second-order valence-electron chi connectivity index (χ2n) is 7.09. The molecular weight excluding hydrogens is 348 g/mol. The predicted octanol–water partition coefficient (Wildman–Crippen LogP) is 4.53. The molecule has 1 aliphatic rings. The summed E-state index contributed by atoms with van der Waals surface area (Å²) in [5, 5.41) is 0.345. The van der Waals surface area contributed by atoms with Gasteiger partial charge in [-0.3, -0.25) is 4.79 Å². The molecule has 3 aromatic rings. The summed E-state index contributed by atoms with van der Waals surface area (Å²) in [5.74, 6) is 0.0747. The van der Waals surface area contributed by atoms with Gasteiger partial charge in [-0.05, 0) is 54.8 Å². The Morgan fingerprint density at radius 3 is 2.85 bits per heavy atom. The predicted molar refractivity (Wildman–Crippen MR) is 103 cm³/mol. The summed E-state index contributed by atoms with van der Waals surface area (Å²) in [5.41, 5.74) is 3.40. The SMILES string of the molecule is Cn1cccc1CN(C(=O)c1ccc2nc(Cl)[nH]c2c1)C1CCCCC1. The van der Waals surface area contributed by atoms with Crippen LogP contribution in [0.15, 0.2) is 36.5 Å². The zero-order valence-corrected chi connectivity index (χ0v) is 15.7. The molecule has 5 nitrogen and oxygen atoms in total. The lowest BCUT2D eigenvalue weighted by atomic mass is 9.93. The second-order valence-corrected chi connectivity index (χ2v) is 7.45. The molecule has 1 aliphatic carbocycles. The van der Waals surface area contributed by atoms with Crippen molar-refractivity contribution in [2.75, 3.05) is 0 Å². The van der Waals surface area contributed by atoms with E-state index in [-0.39, 0.29) is 5.91 Å². The van der Waals surface area contributed by atoms with E-state index in [0.717, 1.165) is 29.6 Å². The standard InChI is InChI=1S/C20H23ClN4O/c1-24-11-5-8-16(24)13-25(15-6-3-2-4-7-15)19(26)14-9-10-17-18(12-14)23-20(21)22-17/h5,8-12,15H,2-4,6-7,13H2,1H3,(H,22,23). The molecule has 1 aromatic carbocycles. The number of H-pyrrole nitrogens is 1. The number of nitrogens with zero attached hydrogens (tertiary/aromatic N) is 3. The Bertz CT molecular complexity index is 923. The highest BCUT2D eigenvalue weighted by molar-refractivity contribution is 6.29. The molecule has 1 N–H and O–H groups in total. The van der Waals surface area contributed by atoms with E-state index in [1.54, 1.807) is 0 Å². The van der Waals surface area contributed by atoms with Crippen molar-refractivity contribution < 1.29 is 4.79 Å². The summed E-state index contributed by atoms with van der Waals surface area (Å²) in [6, 6.07) is 9.97. The smallest absolute Gasteiger partial charge is 0.254 e. The van der Waals surface area contributed by atoms with Crippen molar-refractivity contribution in [3.8, 4) is 0 Å². The van der Waals surface area contributed by atoms with Crippen LogP contribution in [-0.4, -0.2) is 31.4 Å². The number of aromatic amines is 1. The van der Waals surface area contributed by atoms with Crippen molar-refractivity contribution in [1.29, 1.82) is 0 Å². The number of halogens is 1. The summed E-state index contributed by atoms with van der Waals surface area (Å²) in [7, 11) is 2.03. The van der Waals surface area contributed by atoms with Crippen molar-refractivity contribution in [3.63, 3.8) is 0 Å². The molecule has 4 rings (SSSR count). The summed E-state index contributed by atoms with van der Waals surface area (Å²) in [6.07, 6.45) is 7.83. The number of amides is 1. The zero-order valence-electron chi connectivity index (χ0n) is 14.9. The molecule has 136 valence electrons. The van der Waals surface area contributed by atoms with E-state index in [1.807, 2.05) is 42.4 Å². The van der Waals surface area contributed by atoms with Gasteiger partial charge < -0.3 is 14.5 Å². The van der Waals surface area contributed by atoms with E-state index in [0.29, 0.717) is 23.4 Å². The van der Waals surface area contributed by atoms with E-state index in [9.17, 15) is 4.79 Å². The molecule has 2 heterocycles. The quantitative estimate of drug-likeness (QED) is 0.733. The summed E-state index contributed by atoms with van der Waals surface area (Å²) in [4.78, 5) is 22.6. The fourth-order valence-electron chi connectivity index (χ4n) is 3.87. The Morgan fingerprint density at radius 1 is 1.31 bits per heavy atom. The number of hydrogen-bond donors (Lipinski definition) is 1. The third-order valence-corrected chi connectivity index (χ3v) is 5.54. The largest absolute Gasteiger partial charge is 0.353 e. The highest BCUT2D eigenvalue weighted by Crippen LogP contribution is 2.26. The third-order valence-electron chi connectivity index (χ3n) is 5.36. The first-order chi connectivity index (χ1) is 12.6. The monoisotopic (exact) mass is 370 g/mol. The average molecular weight is 371 g/mol. The van der Waals surface area contributed by atoms with Crippen molar-refractivity contribution in [2.24, 2.45) is 7.05 Å². The fourth-order valence-corrected chi connectivity index (χ4v) is 4.06. The average Bonchev–Trinajstić information content (AvgIpc) is 3.23. The number of fused-ring (bicyclic) bond motifs is 1. The lowest BCUT2D eigenvalue weighted by Gasteiger charge is -2.34. The third kappa shape index (κ3) is 3.36. The van der Waals surface area contributed by atoms with E-state index in [1.165, 1.54) is 19.3 Å². The number of aryl methyl sites for hydroxylation is 1. The molecule has 1 saturated carbocycles. The van der Waals surface area contributed by atoms with Crippen LogP contribution in [0.25, 0.3) is 11.0 Å². The van der Waals surface area contributed by atoms with Gasteiger partial charge >= 0.3 is 0 Å². The van der Waals surface area contributed by atoms with E-state index in [4.69, 9.17) is 11.6 Å². The van der Waals surface area contributed by atoms with Gasteiger partial charge in [0.1, 0.15) is 0 Å². The highest BCUT2D eigenvalue weighted by atomic mass is 35.5. The van der Waals surface area contributed by atoms with Gasteiger partial charge in [0, 0.05) is 30.5 Å². The molecule has 0 atom stereocenters. The first-order valence-corrected chi connectivity index (χ1v) is 9.56. The van der Waals surface area contributed by atoms with E-state index in [2.05, 4.69) is 20.6 Å². The van der Waals surface area contributed by atoms with Crippen molar-refractivity contribution in [2.45, 2.75) is 44.7 Å². The Morgan fingerprint density at radius 2 is 2.12 bits per heavy atom. The molecule has 26 heavy (non-hydrogen) atoms. The second kappa shape index (κ2) is 7.16. The van der Waals surface area contributed by atoms with E-state index < -0.39 is 0 Å². The van der Waals surface area contributed by atoms with Crippen LogP contribution in [0.2, 0.25) is 5.28 Å². The number of imidazole rings is 1. The van der Waals surface area contributed by atoms with Crippen molar-refractivity contribution in [3.05, 3.63) is 53.1 Å². The summed E-state index contributed by atoms with van der Waals surface area (Å²) < 4.78 is 2.08. The van der Waals surface area contributed by atoms with Gasteiger partial charge in [-0.2, -0.15) is 0 Å². The van der Waals surface area contributed by atoms with Gasteiger partial charge in [0.2, 0.25) is 5.28 Å². The van der Waals surface area contributed by atoms with Crippen LogP contribution in [0.4, 0.5) is 0 Å². The van der Waals surface area contributed by atoms with E-state index >= 15 is 0 Å². The number of carbonyl (C=O) groups excluding carboxylic acids is 1. The lowest BCUT2D eigenvalue weighted by Crippen LogP contribution is -2.41. The molecule has 0 saturated heterocycles. The van der Waals surface area contributed by atoms with Crippen molar-refractivity contribution >= 4 is 28.5 Å². The van der Waals surface area contributed by atoms with Gasteiger partial charge in [0.05, 0.1) is 17.6 Å². The summed E-state index contributed by atoms with van der Waals surface area (Å²) >= 11 is 5.95. The van der Waals surface area contributed by atoms with Gasteiger partial charge in [-0.25, -0.2) is 4.98 Å². The molecule has 0 radical (unpaired) electrons. The molecule has 0 unspecified atom stereocenters. The highest BCUT2D eigenvalue weighted by Gasteiger charge is 2.27. The molecule has 0 aliphatic heterocycles. The topological polar surface area (TPSA) is 53.9 Å². The van der Waals surface area contributed by atoms with Gasteiger partial charge in [-0.15, -0.1) is 0 Å². The number of carbonyl (C=O) groups is 1. The van der Waals surface area contributed by atoms with Crippen LogP contribution in [-0.2, 0) is 13.6 Å². The fraction of sp³-hybridized carbons (Fsp3) is 0.400. The van der Waals surface area contributed by atoms with Crippen molar-refractivity contribution in [1.82, 2.24) is 19.4 Å². The minimum atomic E-state index is 0.0747. The maximum Gasteiger partial charge on any atom is 0.254 e. The zero-order chi connectivity index (χ0) is 18.1. The Balaban J connectivity index is 1.66.